The Morgan fingerprint density at radius 1 is 1.27 bits per heavy atom. The first-order valence-corrected chi connectivity index (χ1v) is 4.16. The molecule has 0 saturated heterocycles. The molecule has 0 heterocycles. The summed E-state index contributed by atoms with van der Waals surface area (Å²) in [6.45, 7) is 3.61. The van der Waals surface area contributed by atoms with Gasteiger partial charge in [-0.2, -0.15) is 0 Å². The maximum atomic E-state index is 11.1. The molecule has 1 saturated carbocycles. The molecule has 0 aromatic carbocycles. The van der Waals surface area contributed by atoms with E-state index < -0.39 is 0 Å². The van der Waals surface area contributed by atoms with Crippen LogP contribution in [0.4, 0.5) is 0 Å². The Labute approximate surface area is 83.2 Å². The molecule has 0 aromatic heterocycles. The molecule has 1 fully saturated rings. The van der Waals surface area contributed by atoms with Crippen LogP contribution in [0.2, 0.25) is 0 Å². The number of carbonyl (C=O) groups excluding carboxylic acids is 1. The van der Waals surface area contributed by atoms with Crippen LogP contribution < -0.4 is 0 Å². The van der Waals surface area contributed by atoms with Gasteiger partial charge < -0.3 is 11.7 Å². The SMILES string of the molecule is [CH2-]CC(=O)C1CCCCC1.[W]. The third kappa shape index (κ3) is 3.51. The first-order chi connectivity index (χ1) is 4.84. The summed E-state index contributed by atoms with van der Waals surface area (Å²) in [6.07, 6.45) is 6.54. The first-order valence-electron chi connectivity index (χ1n) is 4.16. The van der Waals surface area contributed by atoms with E-state index in [2.05, 4.69) is 6.92 Å². The van der Waals surface area contributed by atoms with Crippen molar-refractivity contribution in [3.63, 3.8) is 0 Å². The Kier molecular flexibility index (Phi) is 6.13. The molecule has 0 aliphatic heterocycles. The summed E-state index contributed by atoms with van der Waals surface area (Å²) in [7, 11) is 0. The van der Waals surface area contributed by atoms with Crippen LogP contribution in [0.15, 0.2) is 0 Å². The molecule has 0 unspecified atom stereocenters. The summed E-state index contributed by atoms with van der Waals surface area (Å²) >= 11 is 0. The van der Waals surface area contributed by atoms with E-state index in [0.29, 0.717) is 18.1 Å². The van der Waals surface area contributed by atoms with Crippen molar-refractivity contribution < 1.29 is 25.9 Å². The van der Waals surface area contributed by atoms with E-state index in [1.165, 1.54) is 19.3 Å². The molecule has 64 valence electrons. The fraction of sp³-hybridized carbons (Fsp3) is 0.778. The molecule has 11 heavy (non-hydrogen) atoms. The molecule has 0 amide bonds. The van der Waals surface area contributed by atoms with Crippen LogP contribution in [0.1, 0.15) is 38.5 Å². The molecular weight excluding hydrogens is 308 g/mol. The van der Waals surface area contributed by atoms with Gasteiger partial charge in [0.25, 0.3) is 0 Å². The summed E-state index contributed by atoms with van der Waals surface area (Å²) in [5, 5.41) is 0. The van der Waals surface area contributed by atoms with Gasteiger partial charge in [-0.15, -0.1) is 6.42 Å². The van der Waals surface area contributed by atoms with Crippen molar-refractivity contribution in [1.82, 2.24) is 0 Å². The van der Waals surface area contributed by atoms with E-state index in [-0.39, 0.29) is 21.1 Å². The van der Waals surface area contributed by atoms with E-state index in [1.807, 2.05) is 0 Å². The molecule has 0 bridgehead atoms. The van der Waals surface area contributed by atoms with Gasteiger partial charge in [-0.3, -0.25) is 0 Å². The quantitative estimate of drug-likeness (QED) is 0.713. The van der Waals surface area contributed by atoms with Gasteiger partial charge in [-0.25, -0.2) is 0 Å². The Morgan fingerprint density at radius 2 is 1.82 bits per heavy atom. The van der Waals surface area contributed by atoms with Crippen molar-refractivity contribution in [2.45, 2.75) is 38.5 Å². The van der Waals surface area contributed by atoms with Crippen molar-refractivity contribution in [2.75, 3.05) is 0 Å². The van der Waals surface area contributed by atoms with Crippen LogP contribution in [0.3, 0.4) is 0 Å². The number of ketones is 1. The van der Waals surface area contributed by atoms with Gasteiger partial charge >= 0.3 is 0 Å². The summed E-state index contributed by atoms with van der Waals surface area (Å²) in [4.78, 5) is 11.1. The molecule has 0 radical (unpaired) electrons. The summed E-state index contributed by atoms with van der Waals surface area (Å²) in [6, 6.07) is 0. The minimum Gasteiger partial charge on any atom is -0.336 e. The average Bonchev–Trinajstić information content (AvgIpc) is 2.05. The van der Waals surface area contributed by atoms with Gasteiger partial charge in [0.05, 0.1) is 0 Å². The summed E-state index contributed by atoms with van der Waals surface area (Å²) < 4.78 is 0. The van der Waals surface area contributed by atoms with Gasteiger partial charge in [0.15, 0.2) is 0 Å². The third-order valence-electron chi connectivity index (χ3n) is 2.31. The molecule has 0 N–H and O–H groups in total. The van der Waals surface area contributed by atoms with Crippen LogP contribution in [0.25, 0.3) is 0 Å². The molecule has 0 atom stereocenters. The molecule has 0 aromatic rings. The average molecular weight is 323 g/mol. The van der Waals surface area contributed by atoms with Crippen molar-refractivity contribution in [3.05, 3.63) is 6.92 Å². The van der Waals surface area contributed by atoms with E-state index in [9.17, 15) is 4.79 Å². The Hall–Kier alpha value is 0.358. The predicted molar refractivity (Wildman–Crippen MR) is 41.6 cm³/mol. The smallest absolute Gasteiger partial charge is 0.106 e. The fourth-order valence-corrected chi connectivity index (χ4v) is 1.63. The van der Waals surface area contributed by atoms with Crippen LogP contribution in [-0.4, -0.2) is 5.78 Å². The standard InChI is InChI=1S/C9H15O.W/c1-2-9(10)8-6-4-3-5-7-8;/h8H,1-7H2;/q-1;. The number of Topliss-reactive ketones (excluding diaryl/α,β-unsaturated/α-hetero) is 1. The molecule has 1 nitrogen and oxygen atoms in total. The zero-order valence-electron chi connectivity index (χ0n) is 6.84. The summed E-state index contributed by atoms with van der Waals surface area (Å²) in [5.74, 6) is 0.742. The van der Waals surface area contributed by atoms with E-state index in [1.54, 1.807) is 0 Å². The van der Waals surface area contributed by atoms with Gasteiger partial charge in [0.2, 0.25) is 0 Å². The molecular formula is C9H15OW-. The molecule has 1 aliphatic carbocycles. The maximum Gasteiger partial charge on any atom is 0.106 e. The van der Waals surface area contributed by atoms with E-state index in [0.717, 1.165) is 12.8 Å². The van der Waals surface area contributed by atoms with E-state index >= 15 is 0 Å². The zero-order valence-corrected chi connectivity index (χ0v) is 9.78. The van der Waals surface area contributed by atoms with Crippen molar-refractivity contribution in [1.29, 1.82) is 0 Å². The van der Waals surface area contributed by atoms with Gasteiger partial charge in [-0.05, 0) is 12.8 Å². The van der Waals surface area contributed by atoms with Crippen molar-refractivity contribution in [2.24, 2.45) is 5.92 Å². The number of carbonyl (C=O) groups is 1. The minimum atomic E-state index is 0. The van der Waals surface area contributed by atoms with E-state index in [4.69, 9.17) is 0 Å². The van der Waals surface area contributed by atoms with Crippen LogP contribution >= 0.6 is 0 Å². The Morgan fingerprint density at radius 3 is 2.27 bits per heavy atom. The third-order valence-corrected chi connectivity index (χ3v) is 2.31. The first kappa shape index (κ1) is 11.4. The van der Waals surface area contributed by atoms with Crippen LogP contribution in [0, 0.1) is 12.8 Å². The van der Waals surface area contributed by atoms with Crippen LogP contribution in [-0.2, 0) is 25.9 Å². The van der Waals surface area contributed by atoms with Gasteiger partial charge in [0.1, 0.15) is 5.78 Å². The molecule has 1 aliphatic rings. The van der Waals surface area contributed by atoms with Crippen LogP contribution in [0.5, 0.6) is 0 Å². The second kappa shape index (κ2) is 5.94. The fourth-order valence-electron chi connectivity index (χ4n) is 1.63. The second-order valence-electron chi connectivity index (χ2n) is 3.05. The number of hydrogen-bond acceptors (Lipinski definition) is 1. The van der Waals surface area contributed by atoms with Gasteiger partial charge in [0, 0.05) is 27.0 Å². The number of rotatable bonds is 2. The zero-order chi connectivity index (χ0) is 7.40. The molecule has 0 spiro atoms. The maximum absolute atomic E-state index is 11.1. The molecule has 2 heteroatoms. The Balaban J connectivity index is 0.000001000. The van der Waals surface area contributed by atoms with Crippen molar-refractivity contribution in [3.8, 4) is 0 Å². The largest absolute Gasteiger partial charge is 0.336 e. The number of hydrogen-bond donors (Lipinski definition) is 0. The Bertz CT molecular complexity index is 117. The summed E-state index contributed by atoms with van der Waals surface area (Å²) in [5.41, 5.74) is 0. The van der Waals surface area contributed by atoms with Gasteiger partial charge in [-0.1, -0.05) is 19.3 Å². The molecule has 1 rings (SSSR count). The normalized spacial score (nSPS) is 19.0. The monoisotopic (exact) mass is 323 g/mol. The predicted octanol–water partition coefficient (Wildman–Crippen LogP) is 2.36. The second-order valence-corrected chi connectivity index (χ2v) is 3.05. The topological polar surface area (TPSA) is 17.1 Å². The minimum absolute atomic E-state index is 0. The van der Waals surface area contributed by atoms with Crippen molar-refractivity contribution >= 4 is 5.78 Å².